The molecule has 0 aromatic rings. The first-order valence-electron chi connectivity index (χ1n) is 4.00. The molecule has 1 aliphatic rings. The lowest BCUT2D eigenvalue weighted by Gasteiger charge is -2.35. The molecule has 1 fully saturated rings. The Labute approximate surface area is 80.7 Å². The number of terminal acetylenes is 1. The third kappa shape index (κ3) is 1.88. The van der Waals surface area contributed by atoms with Crippen LogP contribution in [-0.4, -0.2) is 57.9 Å². The van der Waals surface area contributed by atoms with Gasteiger partial charge >= 0.3 is 12.2 Å². The molecule has 1 saturated heterocycles. The van der Waals surface area contributed by atoms with Gasteiger partial charge in [-0.15, -0.1) is 6.42 Å². The molecule has 0 radical (unpaired) electrons. The molecule has 6 nitrogen and oxygen atoms in total. The van der Waals surface area contributed by atoms with Crippen molar-refractivity contribution >= 4 is 12.2 Å². The highest BCUT2D eigenvalue weighted by atomic mass is 16.4. The molecule has 0 aliphatic carbocycles. The maximum atomic E-state index is 10.7. The van der Waals surface area contributed by atoms with Crippen LogP contribution in [0.15, 0.2) is 0 Å². The number of piperazine rings is 1. The Balaban J connectivity index is 2.70. The second-order valence-electron chi connectivity index (χ2n) is 2.89. The Bertz CT molecular complexity index is 296. The van der Waals surface area contributed by atoms with E-state index in [0.29, 0.717) is 0 Å². The molecule has 2 N–H and O–H groups in total. The molecule has 1 rings (SSSR count). The molecule has 6 heteroatoms. The lowest BCUT2D eigenvalue weighted by molar-refractivity contribution is 0.0791. The molecule has 2 amide bonds. The van der Waals surface area contributed by atoms with Gasteiger partial charge in [-0.2, -0.15) is 0 Å². The molecule has 0 aromatic carbocycles. The van der Waals surface area contributed by atoms with Gasteiger partial charge in [-0.25, -0.2) is 9.59 Å². The number of hydrogen-bond acceptors (Lipinski definition) is 2. The largest absolute Gasteiger partial charge is 0.465 e. The van der Waals surface area contributed by atoms with Crippen LogP contribution in [0.3, 0.4) is 0 Å². The molecule has 1 atom stereocenters. The summed E-state index contributed by atoms with van der Waals surface area (Å²) in [6.07, 6.45) is 2.93. The molecule has 0 aromatic heterocycles. The fraction of sp³-hybridized carbons (Fsp3) is 0.500. The van der Waals surface area contributed by atoms with E-state index in [1.165, 1.54) is 0 Å². The van der Waals surface area contributed by atoms with E-state index in [2.05, 4.69) is 5.92 Å². The second-order valence-corrected chi connectivity index (χ2v) is 2.89. The van der Waals surface area contributed by atoms with Gasteiger partial charge in [-0.3, -0.25) is 4.90 Å². The van der Waals surface area contributed by atoms with Crippen LogP contribution in [0.2, 0.25) is 0 Å². The molecule has 0 bridgehead atoms. The number of carboxylic acid groups (broad SMARTS) is 2. The van der Waals surface area contributed by atoms with Crippen molar-refractivity contribution in [3.63, 3.8) is 0 Å². The van der Waals surface area contributed by atoms with Crippen LogP contribution in [0.25, 0.3) is 0 Å². The van der Waals surface area contributed by atoms with Crippen LogP contribution < -0.4 is 0 Å². The van der Waals surface area contributed by atoms with Crippen molar-refractivity contribution in [3.05, 3.63) is 0 Å². The van der Waals surface area contributed by atoms with E-state index >= 15 is 0 Å². The summed E-state index contributed by atoms with van der Waals surface area (Å²) in [6.45, 7) is 0.328. The summed E-state index contributed by atoms with van der Waals surface area (Å²) in [5.74, 6) is 2.26. The third-order valence-electron chi connectivity index (χ3n) is 2.09. The molecule has 1 aliphatic heterocycles. The van der Waals surface area contributed by atoms with Crippen LogP contribution in [0, 0.1) is 12.3 Å². The summed E-state index contributed by atoms with van der Waals surface area (Å²) in [6, 6.07) is -0.683. The van der Waals surface area contributed by atoms with Crippen molar-refractivity contribution in [2.75, 3.05) is 19.6 Å². The van der Waals surface area contributed by atoms with Gasteiger partial charge in [0, 0.05) is 13.1 Å². The van der Waals surface area contributed by atoms with Gasteiger partial charge in [0.25, 0.3) is 0 Å². The van der Waals surface area contributed by atoms with Crippen molar-refractivity contribution in [2.24, 2.45) is 0 Å². The van der Waals surface area contributed by atoms with Crippen molar-refractivity contribution in [3.8, 4) is 12.3 Å². The predicted molar refractivity (Wildman–Crippen MR) is 46.9 cm³/mol. The van der Waals surface area contributed by atoms with Gasteiger partial charge in [0.2, 0.25) is 0 Å². The molecular weight excluding hydrogens is 188 g/mol. The minimum Gasteiger partial charge on any atom is -0.465 e. The average molecular weight is 198 g/mol. The quantitative estimate of drug-likeness (QED) is 0.535. The minimum atomic E-state index is -1.11. The van der Waals surface area contributed by atoms with Crippen LogP contribution in [-0.2, 0) is 0 Å². The first-order chi connectivity index (χ1) is 6.56. The molecule has 0 saturated carbocycles. The standard InChI is InChI=1S/C8H10N2O4/c1-2-6-5-9(7(11)12)3-4-10(6)8(13)14/h1,6H,3-5H2,(H,11,12)(H,13,14)/t6-/m0/s1. The molecule has 0 spiro atoms. The van der Waals surface area contributed by atoms with Gasteiger partial charge in [-0.1, -0.05) is 5.92 Å². The van der Waals surface area contributed by atoms with E-state index in [-0.39, 0.29) is 19.6 Å². The van der Waals surface area contributed by atoms with Crippen LogP contribution in [0.5, 0.6) is 0 Å². The van der Waals surface area contributed by atoms with Crippen molar-refractivity contribution in [1.29, 1.82) is 0 Å². The smallest absolute Gasteiger partial charge is 0.408 e. The number of amides is 2. The zero-order valence-corrected chi connectivity index (χ0v) is 7.38. The first kappa shape index (κ1) is 10.2. The first-order valence-corrected chi connectivity index (χ1v) is 4.00. The van der Waals surface area contributed by atoms with E-state index in [1.54, 1.807) is 0 Å². The lowest BCUT2D eigenvalue weighted by atomic mass is 10.2. The Hall–Kier alpha value is -1.90. The van der Waals surface area contributed by atoms with E-state index in [9.17, 15) is 9.59 Å². The van der Waals surface area contributed by atoms with Crippen LogP contribution >= 0.6 is 0 Å². The van der Waals surface area contributed by atoms with Gasteiger partial charge in [-0.05, 0) is 0 Å². The van der Waals surface area contributed by atoms with Crippen LogP contribution in [0.1, 0.15) is 0 Å². The van der Waals surface area contributed by atoms with Gasteiger partial charge < -0.3 is 15.1 Å². The molecular formula is C8H10N2O4. The zero-order chi connectivity index (χ0) is 10.7. The fourth-order valence-corrected chi connectivity index (χ4v) is 1.33. The van der Waals surface area contributed by atoms with Gasteiger partial charge in [0.05, 0.1) is 6.54 Å². The molecule has 1 heterocycles. The van der Waals surface area contributed by atoms with Crippen LogP contribution in [0.4, 0.5) is 9.59 Å². The van der Waals surface area contributed by atoms with Crippen molar-refractivity contribution in [2.45, 2.75) is 6.04 Å². The summed E-state index contributed by atoms with van der Waals surface area (Å²) in [5, 5.41) is 17.4. The highest BCUT2D eigenvalue weighted by Crippen LogP contribution is 2.09. The molecule has 14 heavy (non-hydrogen) atoms. The maximum Gasteiger partial charge on any atom is 0.408 e. The Morgan fingerprint density at radius 2 is 1.93 bits per heavy atom. The van der Waals surface area contributed by atoms with E-state index < -0.39 is 18.2 Å². The average Bonchev–Trinajstić information content (AvgIpc) is 2.16. The summed E-state index contributed by atoms with van der Waals surface area (Å²) < 4.78 is 0. The van der Waals surface area contributed by atoms with Crippen molar-refractivity contribution < 1.29 is 19.8 Å². The Morgan fingerprint density at radius 3 is 2.36 bits per heavy atom. The number of nitrogens with zero attached hydrogens (tertiary/aromatic N) is 2. The van der Waals surface area contributed by atoms with E-state index in [1.807, 2.05) is 0 Å². The minimum absolute atomic E-state index is 0.0398. The van der Waals surface area contributed by atoms with Gasteiger partial charge in [0.1, 0.15) is 6.04 Å². The normalized spacial score (nSPS) is 21.5. The molecule has 0 unspecified atom stereocenters. The van der Waals surface area contributed by atoms with E-state index in [0.717, 1.165) is 9.80 Å². The Kier molecular flexibility index (Phi) is 2.82. The van der Waals surface area contributed by atoms with E-state index in [4.69, 9.17) is 16.6 Å². The summed E-state index contributed by atoms with van der Waals surface area (Å²) >= 11 is 0. The second kappa shape index (κ2) is 3.87. The summed E-state index contributed by atoms with van der Waals surface area (Å²) in [7, 11) is 0. The SMILES string of the molecule is C#C[C@H]1CN(C(=O)O)CCN1C(=O)O. The fourth-order valence-electron chi connectivity index (χ4n) is 1.33. The monoisotopic (exact) mass is 198 g/mol. The lowest BCUT2D eigenvalue weighted by Crippen LogP contribution is -2.55. The highest BCUT2D eigenvalue weighted by Gasteiger charge is 2.30. The number of rotatable bonds is 0. The van der Waals surface area contributed by atoms with Gasteiger partial charge in [0.15, 0.2) is 0 Å². The summed E-state index contributed by atoms with van der Waals surface area (Å²) in [4.78, 5) is 23.4. The highest BCUT2D eigenvalue weighted by molar-refractivity contribution is 5.68. The molecule has 76 valence electrons. The third-order valence-corrected chi connectivity index (χ3v) is 2.09. The number of hydrogen-bond donors (Lipinski definition) is 2. The Morgan fingerprint density at radius 1 is 1.29 bits per heavy atom. The maximum absolute atomic E-state index is 10.7. The number of carbonyl (C=O) groups is 2. The predicted octanol–water partition coefficient (Wildman–Crippen LogP) is -0.0382. The topological polar surface area (TPSA) is 81.1 Å². The zero-order valence-electron chi connectivity index (χ0n) is 7.38. The summed E-state index contributed by atoms with van der Waals surface area (Å²) in [5.41, 5.74) is 0. The van der Waals surface area contributed by atoms with Crippen molar-refractivity contribution in [1.82, 2.24) is 9.80 Å².